The number of esters is 1. The largest absolute Gasteiger partial charge is 0.508 e. The molecule has 15 amide bonds. The first kappa shape index (κ1) is 102. The van der Waals surface area contributed by atoms with E-state index >= 15 is 33.6 Å². The van der Waals surface area contributed by atoms with Crippen LogP contribution in [0.3, 0.4) is 0 Å². The van der Waals surface area contributed by atoms with Crippen LogP contribution in [0.2, 0.25) is 0 Å². The third kappa shape index (κ3) is 32.3. The van der Waals surface area contributed by atoms with Gasteiger partial charge in [0.25, 0.3) is 5.91 Å². The molecule has 119 heavy (non-hydrogen) atoms. The van der Waals surface area contributed by atoms with E-state index in [2.05, 4.69) is 57.8 Å². The lowest BCUT2D eigenvalue weighted by Crippen LogP contribution is -2.65. The van der Waals surface area contributed by atoms with Gasteiger partial charge in [0.15, 0.2) is 18.0 Å². The third-order valence-corrected chi connectivity index (χ3v) is 20.6. The lowest BCUT2D eigenvalue weighted by Gasteiger charge is -2.38. The van der Waals surface area contributed by atoms with E-state index in [4.69, 9.17) is 55.3 Å². The minimum Gasteiger partial charge on any atom is -0.508 e. The molecular weight excluding hydrogens is 1560 g/mol. The Hall–Kier alpha value is -11.1. The van der Waals surface area contributed by atoms with E-state index in [1.807, 2.05) is 13.8 Å². The van der Waals surface area contributed by atoms with Crippen molar-refractivity contribution in [3.8, 4) is 5.75 Å². The number of likely N-dealkylation sites (N-methyl/N-ethyl adjacent to an activating group) is 1. The van der Waals surface area contributed by atoms with Crippen molar-refractivity contribution in [3.63, 3.8) is 0 Å². The van der Waals surface area contributed by atoms with Gasteiger partial charge in [0.2, 0.25) is 82.7 Å². The second-order valence-electron chi connectivity index (χ2n) is 31.2. The molecule has 1 aromatic rings. The van der Waals surface area contributed by atoms with Crippen molar-refractivity contribution in [2.24, 2.45) is 91.4 Å². The van der Waals surface area contributed by atoms with Crippen LogP contribution < -0.4 is 93.7 Å². The molecule has 0 spiro atoms. The second kappa shape index (κ2) is 48.7. The lowest BCUT2D eigenvalue weighted by atomic mass is 9.87. The number of carbonyl (C=O) groups is 16. The average Bonchev–Trinajstić information content (AvgIpc) is 0.995. The monoisotopic (exact) mass is 1690 g/mol. The zero-order valence-electron chi connectivity index (χ0n) is 69.4. The van der Waals surface area contributed by atoms with Gasteiger partial charge in [-0.3, -0.25) is 81.9 Å². The van der Waals surface area contributed by atoms with E-state index in [-0.39, 0.29) is 93.7 Å². The zero-order valence-corrected chi connectivity index (χ0v) is 69.4. The molecule has 2 aliphatic heterocycles. The summed E-state index contributed by atoms with van der Waals surface area (Å²) in [5.41, 5.74) is 45.0. The van der Waals surface area contributed by atoms with E-state index in [9.17, 15) is 68.7 Å². The number of piperidine rings is 1. The average molecular weight is 1690 g/mol. The number of primary amides is 4. The fraction of sp³-hybridized carbons (Fsp3) is 0.680. The molecule has 0 saturated carbocycles. The molecule has 1 aromatic carbocycles. The maximum Gasteiger partial charge on any atom is 0.329 e. The third-order valence-electron chi connectivity index (χ3n) is 20.6. The highest BCUT2D eigenvalue weighted by Gasteiger charge is 2.47. The number of nitrogens with one attached hydrogen (secondary N) is 9. The summed E-state index contributed by atoms with van der Waals surface area (Å²) in [7, 11) is 2.25. The van der Waals surface area contributed by atoms with Crippen molar-refractivity contribution >= 4 is 106 Å². The summed E-state index contributed by atoms with van der Waals surface area (Å²) >= 11 is 0. The molecule has 0 aliphatic carbocycles. The molecule has 0 unspecified atom stereocenters. The topological polar surface area (TPSA) is 740 Å². The first-order chi connectivity index (χ1) is 55.5. The second-order valence-corrected chi connectivity index (χ2v) is 31.2. The van der Waals surface area contributed by atoms with Crippen molar-refractivity contribution in [2.75, 3.05) is 33.8 Å². The minimum atomic E-state index is -2.71. The van der Waals surface area contributed by atoms with E-state index in [0.717, 1.165) is 37.8 Å². The predicted octanol–water partition coefficient (Wildman–Crippen LogP) is -7.69. The van der Waals surface area contributed by atoms with Crippen LogP contribution in [0.4, 0.5) is 0 Å². The summed E-state index contributed by atoms with van der Waals surface area (Å²) in [6.07, 6.45) is -15.5. The highest BCUT2D eigenvalue weighted by molar-refractivity contribution is 6.01. The highest BCUT2D eigenvalue weighted by atomic mass is 16.5. The number of hydrogen-bond acceptors (Lipinski definition) is 25. The van der Waals surface area contributed by atoms with E-state index < -0.39 is 259 Å². The molecule has 0 aromatic heterocycles. The Morgan fingerprint density at radius 2 is 1.19 bits per heavy atom. The normalized spacial score (nSPS) is 23.3. The maximum absolute atomic E-state index is 15.4. The van der Waals surface area contributed by atoms with Gasteiger partial charge in [0.1, 0.15) is 84.5 Å². The van der Waals surface area contributed by atoms with Crippen LogP contribution >= 0.6 is 0 Å². The molecule has 44 nitrogen and oxygen atoms in total. The Morgan fingerprint density at radius 1 is 0.613 bits per heavy atom. The molecule has 30 N–H and O–H groups in total. The summed E-state index contributed by atoms with van der Waals surface area (Å²) in [6.45, 7) is 14.0. The first-order valence-electron chi connectivity index (χ1n) is 39.3. The molecule has 3 rings (SSSR count). The zero-order chi connectivity index (χ0) is 90.3. The molecule has 668 valence electrons. The van der Waals surface area contributed by atoms with Gasteiger partial charge in [-0.2, -0.15) is 0 Å². The molecule has 0 radical (unpaired) electrons. The van der Waals surface area contributed by atoms with Crippen LogP contribution in [0.25, 0.3) is 0 Å². The summed E-state index contributed by atoms with van der Waals surface area (Å²) < 4.78 is 11.8. The smallest absolute Gasteiger partial charge is 0.329 e. The summed E-state index contributed by atoms with van der Waals surface area (Å²) in [5, 5.41) is 78.3. The van der Waals surface area contributed by atoms with Gasteiger partial charge in [-0.25, -0.2) is 4.79 Å². The molecule has 21 atom stereocenters. The summed E-state index contributed by atoms with van der Waals surface area (Å²) in [5.74, 6) is -25.4. The van der Waals surface area contributed by atoms with Gasteiger partial charge >= 0.3 is 5.97 Å². The number of aliphatic hydroxyl groups excluding tert-OH is 4. The van der Waals surface area contributed by atoms with Crippen LogP contribution in [-0.2, 0) is 86.2 Å². The fourth-order valence-corrected chi connectivity index (χ4v) is 13.7. The number of aromatic hydroxyl groups is 1. The molecule has 2 heterocycles. The summed E-state index contributed by atoms with van der Waals surface area (Å²) in [4.78, 5) is 239. The Bertz CT molecular complexity index is 3750. The molecule has 0 bridgehead atoms. The predicted molar refractivity (Wildman–Crippen MR) is 427 cm³/mol. The fourth-order valence-electron chi connectivity index (χ4n) is 13.7. The van der Waals surface area contributed by atoms with E-state index in [1.54, 1.807) is 20.8 Å². The standard InChI is InChI=1S/C75H125N21O23/c1-33(2)29-35(5)57(102)38(8)62(106)88-45(31-51(77)100)64(108)86-43(17-15-26-84-74(80)81)58(103)59(104)70(114)91-53(36(6)37(7)61(79)105)66(110)93-55-40(10)119-73(117)49-19-13-14-28-96(49)72(116)47(32-52(78)101)90-69(113)56(60(118-12)41-20-22-42(98)23-21-41)94-65(109)48(24-25-50(76)99)95(11)71(115)46(30-34(3)4)89-63(107)44(18-16-27-85-75(82)83)87-67(111)54(39(9)97)92-68(55)112/h20-23,33-40,43-49,53-60,97-98,102-104H,13-19,24-32H2,1-12H3,(H2,76,99)(H2,77,100)(H2,78,101)(H2,79,105)(H,86,108)(H,87,111)(H,88,106)(H,89,107)(H,90,113)(H,91,114)(H,92,112)(H,93,110)(H,94,109)(H4,80,81,84)(H4,82,83,85)/t35-,36+,37-,38-,39-,40-,43+,44-,45+,46+,47-,48+,49-,53+,54-,55-,56-,57-,58-,59-,60-/m1/s1. The number of hydrogen-bond donors (Lipinski definition) is 22. The van der Waals surface area contributed by atoms with Gasteiger partial charge in [-0.15, -0.1) is 0 Å². The van der Waals surface area contributed by atoms with Gasteiger partial charge in [-0.05, 0) is 119 Å². The quantitative estimate of drug-likeness (QED) is 0.0127. The minimum absolute atomic E-state index is 0.0999. The Kier molecular flexibility index (Phi) is 41.8. The number of phenolic OH excluding ortho intramolecular Hbond substituents is 1. The van der Waals surface area contributed by atoms with Crippen molar-refractivity contribution in [1.29, 1.82) is 0 Å². The van der Waals surface area contributed by atoms with Gasteiger partial charge in [-0.1, -0.05) is 67.5 Å². The Labute approximate surface area is 689 Å². The number of cyclic esters (lactones) is 1. The number of phenols is 1. The number of aliphatic hydroxyl groups is 4. The number of nitrogens with zero attached hydrogens (tertiary/aromatic N) is 4. The SMILES string of the molecule is CO[C@H](c1ccc(O)cc1)[C@H]1NC(=O)[C@H](CCC(N)=O)N(C)C(=O)[C@H](CC(C)C)NC(=O)[C@@H](CCCN=C(N)N)NC(=O)[C@@H]([C@@H](C)O)NC(=O)[C@H](NC(=O)[C@@H](NC(=O)[C@H](O)[C@H](O)[C@H](CCCN=C(N)N)NC(=O)[C@H](CC(N)=O)NC(=O)[C@H](C)[C@H](O)[C@H](C)CC(C)C)[C@@H](C)[C@@H](C)C(N)=O)[C@@H](C)OC(=O)[C@H]2CCCCN2C(=O)[C@@H](CC(N)=O)NC1=O. The molecule has 2 aliphatic rings. The number of carbonyl (C=O) groups excluding carboxylic acids is 16. The maximum atomic E-state index is 15.4. The van der Waals surface area contributed by atoms with E-state index in [0.29, 0.717) is 6.42 Å². The van der Waals surface area contributed by atoms with Crippen LogP contribution in [-0.4, -0.2) is 273 Å². The Balaban J connectivity index is 2.43. The lowest BCUT2D eigenvalue weighted by molar-refractivity contribution is -0.164. The van der Waals surface area contributed by atoms with Gasteiger partial charge in [0, 0.05) is 46.1 Å². The number of rotatable bonds is 38. The molecule has 44 heteroatoms. The van der Waals surface area contributed by atoms with Crippen molar-refractivity contribution in [3.05, 3.63) is 29.8 Å². The first-order valence-corrected chi connectivity index (χ1v) is 39.3. The number of nitrogens with two attached hydrogens (primary N) is 8. The van der Waals surface area contributed by atoms with Crippen LogP contribution in [0.15, 0.2) is 34.3 Å². The number of amides is 15. The number of methoxy groups -OCH3 is 1. The Morgan fingerprint density at radius 3 is 1.74 bits per heavy atom. The highest BCUT2D eigenvalue weighted by Crippen LogP contribution is 2.28. The van der Waals surface area contributed by atoms with Crippen molar-refractivity contribution in [2.45, 2.75) is 256 Å². The van der Waals surface area contributed by atoms with Crippen LogP contribution in [0, 0.1) is 35.5 Å². The van der Waals surface area contributed by atoms with Crippen molar-refractivity contribution in [1.82, 2.24) is 57.7 Å². The summed E-state index contributed by atoms with van der Waals surface area (Å²) in [6, 6.07) is -16.1. The number of guanidine groups is 2. The number of benzene rings is 1. The number of aliphatic imine (C=N–C) groups is 2. The van der Waals surface area contributed by atoms with Crippen LogP contribution in [0.5, 0.6) is 5.75 Å². The number of fused-ring (bicyclic) bond motifs is 1. The number of ether oxygens (including phenoxy) is 2. The van der Waals surface area contributed by atoms with Gasteiger partial charge in [0.05, 0.1) is 37.0 Å². The molecule has 2 fully saturated rings. The molecular formula is C75H125N21O23. The van der Waals surface area contributed by atoms with E-state index in [1.165, 1.54) is 45.0 Å². The van der Waals surface area contributed by atoms with Crippen molar-refractivity contribution < 1.29 is 112 Å². The molecule has 2 saturated heterocycles. The van der Waals surface area contributed by atoms with Gasteiger partial charge < -0.3 is 139 Å². The van der Waals surface area contributed by atoms with Crippen LogP contribution in [0.1, 0.15) is 164 Å².